The molecule has 1 N–H and O–H groups in total. The summed E-state index contributed by atoms with van der Waals surface area (Å²) in [6.45, 7) is 4.38. The molecule has 0 saturated carbocycles. The summed E-state index contributed by atoms with van der Waals surface area (Å²) in [6, 6.07) is 8.18. The molecular formula is C18H19ClN2O4. The van der Waals surface area contributed by atoms with E-state index < -0.39 is 12.0 Å². The lowest BCUT2D eigenvalue weighted by atomic mass is 10.1. The Bertz CT molecular complexity index is 813. The molecule has 1 aromatic heterocycles. The van der Waals surface area contributed by atoms with Crippen LogP contribution in [0.3, 0.4) is 0 Å². The van der Waals surface area contributed by atoms with Gasteiger partial charge in [-0.1, -0.05) is 11.6 Å². The average molecular weight is 363 g/mol. The van der Waals surface area contributed by atoms with E-state index in [-0.39, 0.29) is 19.1 Å². The van der Waals surface area contributed by atoms with Crippen molar-refractivity contribution in [3.8, 4) is 5.69 Å². The van der Waals surface area contributed by atoms with Crippen molar-refractivity contribution in [3.05, 3.63) is 52.3 Å². The summed E-state index contributed by atoms with van der Waals surface area (Å²) in [5.74, 6) is -1.34. The molecule has 2 heterocycles. The number of halogens is 1. The van der Waals surface area contributed by atoms with E-state index in [2.05, 4.69) is 0 Å². The van der Waals surface area contributed by atoms with Crippen molar-refractivity contribution in [3.63, 3.8) is 0 Å². The molecule has 2 aromatic rings. The third-order valence-electron chi connectivity index (χ3n) is 4.42. The van der Waals surface area contributed by atoms with Gasteiger partial charge in [0.15, 0.2) is 6.04 Å². The van der Waals surface area contributed by atoms with E-state index in [1.807, 2.05) is 30.5 Å². The zero-order valence-corrected chi connectivity index (χ0v) is 14.8. The van der Waals surface area contributed by atoms with Crippen LogP contribution in [0.25, 0.3) is 5.69 Å². The maximum absolute atomic E-state index is 13.0. The Kier molecular flexibility index (Phi) is 4.83. The van der Waals surface area contributed by atoms with Crippen LogP contribution in [0.1, 0.15) is 21.7 Å². The minimum atomic E-state index is -1.06. The van der Waals surface area contributed by atoms with Gasteiger partial charge in [0.1, 0.15) is 0 Å². The largest absolute Gasteiger partial charge is 0.480 e. The van der Waals surface area contributed by atoms with Gasteiger partial charge in [-0.05, 0) is 44.2 Å². The first-order valence-corrected chi connectivity index (χ1v) is 8.34. The van der Waals surface area contributed by atoms with Crippen LogP contribution < -0.4 is 0 Å². The third-order valence-corrected chi connectivity index (χ3v) is 4.67. The molecular weight excluding hydrogens is 344 g/mol. The molecule has 3 rings (SSSR count). The Morgan fingerprint density at radius 1 is 1.24 bits per heavy atom. The number of carboxylic acids is 1. The normalized spacial score (nSPS) is 17.6. The number of nitrogens with zero attached hydrogens (tertiary/aromatic N) is 2. The van der Waals surface area contributed by atoms with E-state index >= 15 is 0 Å². The molecule has 7 heteroatoms. The van der Waals surface area contributed by atoms with Gasteiger partial charge in [0.2, 0.25) is 0 Å². The number of rotatable bonds is 3. The van der Waals surface area contributed by atoms with Gasteiger partial charge >= 0.3 is 5.97 Å². The van der Waals surface area contributed by atoms with Crippen molar-refractivity contribution in [1.29, 1.82) is 0 Å². The van der Waals surface area contributed by atoms with Crippen molar-refractivity contribution < 1.29 is 19.4 Å². The maximum Gasteiger partial charge on any atom is 0.328 e. The molecule has 1 aromatic carbocycles. The molecule has 0 spiro atoms. The molecule has 1 atom stereocenters. The van der Waals surface area contributed by atoms with Gasteiger partial charge in [-0.2, -0.15) is 0 Å². The molecule has 0 bridgehead atoms. The Balaban J connectivity index is 1.98. The SMILES string of the molecule is Cc1cc(C(=O)N2CCOCC2C(=O)O)c(C)n1-c1ccc(Cl)cc1. The van der Waals surface area contributed by atoms with Crippen LogP contribution in [0.2, 0.25) is 5.02 Å². The molecule has 1 aliphatic heterocycles. The van der Waals surface area contributed by atoms with Crippen molar-refractivity contribution in [2.24, 2.45) is 0 Å². The first kappa shape index (κ1) is 17.5. The van der Waals surface area contributed by atoms with Crippen molar-refractivity contribution in [1.82, 2.24) is 9.47 Å². The van der Waals surface area contributed by atoms with Crippen molar-refractivity contribution in [2.45, 2.75) is 19.9 Å². The summed E-state index contributed by atoms with van der Waals surface area (Å²) in [5, 5.41) is 9.98. The van der Waals surface area contributed by atoms with Gasteiger partial charge in [-0.3, -0.25) is 4.79 Å². The second-order valence-electron chi connectivity index (χ2n) is 6.02. The van der Waals surface area contributed by atoms with Crippen LogP contribution >= 0.6 is 11.6 Å². The smallest absolute Gasteiger partial charge is 0.328 e. The number of ether oxygens (including phenoxy) is 1. The molecule has 25 heavy (non-hydrogen) atoms. The van der Waals surface area contributed by atoms with Gasteiger partial charge in [0.25, 0.3) is 5.91 Å². The van der Waals surface area contributed by atoms with E-state index in [0.29, 0.717) is 17.2 Å². The molecule has 1 saturated heterocycles. The number of carboxylic acid groups (broad SMARTS) is 1. The molecule has 0 radical (unpaired) electrons. The Hall–Kier alpha value is -2.31. The molecule has 1 aliphatic rings. The zero-order valence-electron chi connectivity index (χ0n) is 14.0. The average Bonchev–Trinajstić information content (AvgIpc) is 2.89. The summed E-state index contributed by atoms with van der Waals surface area (Å²) >= 11 is 5.94. The van der Waals surface area contributed by atoms with Gasteiger partial charge in [-0.15, -0.1) is 0 Å². The summed E-state index contributed by atoms with van der Waals surface area (Å²) in [7, 11) is 0. The number of aryl methyl sites for hydroxylation is 1. The van der Waals surface area contributed by atoms with Gasteiger partial charge in [0, 0.05) is 28.6 Å². The van der Waals surface area contributed by atoms with E-state index in [4.69, 9.17) is 16.3 Å². The van der Waals surface area contributed by atoms with E-state index in [9.17, 15) is 14.7 Å². The topological polar surface area (TPSA) is 71.8 Å². The molecule has 6 nitrogen and oxygen atoms in total. The second-order valence-corrected chi connectivity index (χ2v) is 6.46. The van der Waals surface area contributed by atoms with Crippen LogP contribution in [0.15, 0.2) is 30.3 Å². The lowest BCUT2D eigenvalue weighted by Crippen LogP contribution is -2.52. The highest BCUT2D eigenvalue weighted by Crippen LogP contribution is 2.24. The number of benzene rings is 1. The molecule has 0 aliphatic carbocycles. The first-order valence-electron chi connectivity index (χ1n) is 7.96. The fraction of sp³-hybridized carbons (Fsp3) is 0.333. The second kappa shape index (κ2) is 6.90. The predicted molar refractivity (Wildman–Crippen MR) is 93.5 cm³/mol. The van der Waals surface area contributed by atoms with Crippen LogP contribution in [0.4, 0.5) is 0 Å². The van der Waals surface area contributed by atoms with E-state index in [1.54, 1.807) is 18.2 Å². The molecule has 1 unspecified atom stereocenters. The highest BCUT2D eigenvalue weighted by Gasteiger charge is 2.34. The Morgan fingerprint density at radius 3 is 2.56 bits per heavy atom. The maximum atomic E-state index is 13.0. The standard InChI is InChI=1S/C18H19ClN2O4/c1-11-9-15(12(2)21(11)14-5-3-13(19)4-6-14)17(22)20-7-8-25-10-16(20)18(23)24/h3-6,9,16H,7-8,10H2,1-2H3,(H,23,24). The van der Waals surface area contributed by atoms with Crippen molar-refractivity contribution >= 4 is 23.5 Å². The quantitative estimate of drug-likeness (QED) is 0.911. The number of aliphatic carboxylic acids is 1. The summed E-state index contributed by atoms with van der Waals surface area (Å²) < 4.78 is 7.17. The van der Waals surface area contributed by atoms with Gasteiger partial charge in [-0.25, -0.2) is 4.79 Å². The summed E-state index contributed by atoms with van der Waals surface area (Å²) in [6.07, 6.45) is 0. The summed E-state index contributed by atoms with van der Waals surface area (Å²) in [5.41, 5.74) is 3.06. The monoisotopic (exact) mass is 362 g/mol. The van der Waals surface area contributed by atoms with Crippen LogP contribution in [0.5, 0.6) is 0 Å². The fourth-order valence-electron chi connectivity index (χ4n) is 3.17. The highest BCUT2D eigenvalue weighted by molar-refractivity contribution is 6.30. The molecule has 1 amide bonds. The van der Waals surface area contributed by atoms with Crippen molar-refractivity contribution in [2.75, 3.05) is 19.8 Å². The number of carbonyl (C=O) groups excluding carboxylic acids is 1. The van der Waals surface area contributed by atoms with Crippen LogP contribution in [-0.4, -0.2) is 52.3 Å². The fourth-order valence-corrected chi connectivity index (χ4v) is 3.30. The zero-order chi connectivity index (χ0) is 18.1. The van der Waals surface area contributed by atoms with Gasteiger partial charge in [0.05, 0.1) is 18.8 Å². The third kappa shape index (κ3) is 3.27. The molecule has 1 fully saturated rings. The number of carbonyl (C=O) groups is 2. The lowest BCUT2D eigenvalue weighted by molar-refractivity contribution is -0.147. The van der Waals surface area contributed by atoms with Crippen LogP contribution in [-0.2, 0) is 9.53 Å². The first-order chi connectivity index (χ1) is 11.9. The Morgan fingerprint density at radius 2 is 1.92 bits per heavy atom. The predicted octanol–water partition coefficient (Wildman–Crippen LogP) is 2.67. The number of amides is 1. The lowest BCUT2D eigenvalue weighted by Gasteiger charge is -2.32. The number of hydrogen-bond acceptors (Lipinski definition) is 3. The minimum absolute atomic E-state index is 0.0109. The molecule has 132 valence electrons. The van der Waals surface area contributed by atoms with Gasteiger partial charge < -0.3 is 19.3 Å². The number of morpholine rings is 1. The summed E-state index contributed by atoms with van der Waals surface area (Å²) in [4.78, 5) is 25.8. The minimum Gasteiger partial charge on any atom is -0.480 e. The number of aromatic nitrogens is 1. The van der Waals surface area contributed by atoms with Crippen LogP contribution in [0, 0.1) is 13.8 Å². The van der Waals surface area contributed by atoms with E-state index in [1.165, 1.54) is 4.90 Å². The highest BCUT2D eigenvalue weighted by atomic mass is 35.5. The van der Waals surface area contributed by atoms with E-state index in [0.717, 1.165) is 17.1 Å². The number of hydrogen-bond donors (Lipinski definition) is 1. The Labute approximate surface area is 150 Å².